The first kappa shape index (κ1) is 23.0. The number of hydrogen-bond acceptors (Lipinski definition) is 6. The number of aliphatic hydroxyl groups excluding tert-OH is 1. The number of Topliss-reactive ketones (excluding diaryl/α,β-unsaturated/α-hetero) is 1. The number of aromatic nitrogens is 1. The van der Waals surface area contributed by atoms with Gasteiger partial charge < -0.3 is 9.84 Å². The van der Waals surface area contributed by atoms with Gasteiger partial charge in [0, 0.05) is 17.5 Å². The molecule has 0 fully saturated rings. The summed E-state index contributed by atoms with van der Waals surface area (Å²) in [4.78, 5) is 32.5. The molecule has 1 unspecified atom stereocenters. The summed E-state index contributed by atoms with van der Waals surface area (Å²) >= 11 is 7.43. The van der Waals surface area contributed by atoms with Crippen LogP contribution < -0.4 is 9.64 Å². The third-order valence-electron chi connectivity index (χ3n) is 5.82. The van der Waals surface area contributed by atoms with Gasteiger partial charge in [-0.15, -0.1) is 0 Å². The van der Waals surface area contributed by atoms with Crippen molar-refractivity contribution < 1.29 is 23.8 Å². The Hall–Kier alpha value is -3.75. The minimum Gasteiger partial charge on any atom is -0.503 e. The van der Waals surface area contributed by atoms with E-state index in [0.29, 0.717) is 26.6 Å². The Morgan fingerprint density at radius 2 is 1.89 bits per heavy atom. The number of methoxy groups -OCH3 is 1. The van der Waals surface area contributed by atoms with E-state index in [9.17, 15) is 14.7 Å². The molecule has 0 saturated heterocycles. The summed E-state index contributed by atoms with van der Waals surface area (Å²) in [5, 5.41) is 11.5. The highest BCUT2D eigenvalue weighted by Gasteiger charge is 2.46. The molecule has 1 amide bonds. The van der Waals surface area contributed by atoms with Gasteiger partial charge in [-0.05, 0) is 24.3 Å². The summed E-state index contributed by atoms with van der Waals surface area (Å²) in [5.41, 5.74) is 0.919. The maximum absolute atomic E-state index is 15.0. The number of nitrogens with zero attached hydrogens (tertiary/aromatic N) is 2. The average molecular weight is 509 g/mol. The third kappa shape index (κ3) is 3.94. The predicted molar refractivity (Wildman–Crippen MR) is 133 cm³/mol. The van der Waals surface area contributed by atoms with Crippen molar-refractivity contribution in [1.29, 1.82) is 0 Å². The summed E-state index contributed by atoms with van der Waals surface area (Å²) in [5.74, 6) is -2.23. The number of benzene rings is 3. The minimum absolute atomic E-state index is 0.0682. The number of rotatable bonds is 6. The van der Waals surface area contributed by atoms with Crippen LogP contribution in [0.1, 0.15) is 17.2 Å². The second kappa shape index (κ2) is 9.13. The molecule has 0 bridgehead atoms. The molecule has 2 heterocycles. The zero-order valence-electron chi connectivity index (χ0n) is 18.4. The van der Waals surface area contributed by atoms with Crippen LogP contribution in [-0.4, -0.2) is 28.9 Å². The lowest BCUT2D eigenvalue weighted by atomic mass is 9.92. The summed E-state index contributed by atoms with van der Waals surface area (Å²) in [6, 6.07) is 16.8. The number of aliphatic hydroxyl groups is 1. The Labute approximate surface area is 208 Å². The van der Waals surface area contributed by atoms with Crippen molar-refractivity contribution in [1.82, 2.24) is 4.98 Å². The van der Waals surface area contributed by atoms with Crippen molar-refractivity contribution in [3.8, 4) is 5.75 Å². The van der Waals surface area contributed by atoms with Crippen LogP contribution in [0.5, 0.6) is 5.75 Å². The number of hydrogen-bond donors (Lipinski definition) is 1. The van der Waals surface area contributed by atoms with Crippen LogP contribution in [0.3, 0.4) is 0 Å². The van der Waals surface area contributed by atoms with E-state index in [4.69, 9.17) is 16.3 Å². The molecule has 0 saturated carbocycles. The standard InChI is InChI=1S/C26H18ClFN2O4S/c1-34-19-11-5-2-7-14(19)13-18(31)21-23(15-8-3-4-10-17(15)28)30(25(33)24(21)32)26-29-22-16(27)9-6-12-20(22)35-26/h2-12,23,32H,13H2,1H3. The molecule has 0 spiro atoms. The van der Waals surface area contributed by atoms with Crippen molar-refractivity contribution in [2.45, 2.75) is 12.5 Å². The van der Waals surface area contributed by atoms with Gasteiger partial charge >= 0.3 is 0 Å². The summed E-state index contributed by atoms with van der Waals surface area (Å²) < 4.78 is 21.1. The third-order valence-corrected chi connectivity index (χ3v) is 7.14. The van der Waals surface area contributed by atoms with E-state index in [0.717, 1.165) is 16.2 Å². The largest absolute Gasteiger partial charge is 0.503 e. The zero-order valence-corrected chi connectivity index (χ0v) is 19.9. The molecule has 1 atom stereocenters. The number of para-hydroxylation sites is 2. The van der Waals surface area contributed by atoms with Crippen LogP contribution in [0.2, 0.25) is 5.02 Å². The van der Waals surface area contributed by atoms with Crippen LogP contribution in [-0.2, 0) is 16.0 Å². The van der Waals surface area contributed by atoms with Gasteiger partial charge in [-0.3, -0.25) is 14.5 Å². The quantitative estimate of drug-likeness (QED) is 0.355. The van der Waals surface area contributed by atoms with Gasteiger partial charge in [-0.2, -0.15) is 0 Å². The first-order chi connectivity index (χ1) is 16.9. The molecule has 5 rings (SSSR count). The van der Waals surface area contributed by atoms with E-state index in [-0.39, 0.29) is 22.7 Å². The normalized spacial score (nSPS) is 15.8. The molecule has 0 aliphatic carbocycles. The smallest absolute Gasteiger partial charge is 0.296 e. The number of anilines is 1. The highest BCUT2D eigenvalue weighted by atomic mass is 35.5. The van der Waals surface area contributed by atoms with E-state index in [1.807, 2.05) is 0 Å². The van der Waals surface area contributed by atoms with Gasteiger partial charge in [-0.1, -0.05) is 65.4 Å². The van der Waals surface area contributed by atoms with E-state index < -0.39 is 29.3 Å². The number of amides is 1. The van der Waals surface area contributed by atoms with Gasteiger partial charge in [0.1, 0.15) is 23.1 Å². The summed E-state index contributed by atoms with van der Waals surface area (Å²) in [6.45, 7) is 0. The second-order valence-corrected chi connectivity index (χ2v) is 9.27. The number of carbonyl (C=O) groups excluding carboxylic acids is 2. The van der Waals surface area contributed by atoms with Crippen molar-refractivity contribution in [2.75, 3.05) is 12.0 Å². The van der Waals surface area contributed by atoms with Crippen LogP contribution in [0.15, 0.2) is 78.1 Å². The van der Waals surface area contributed by atoms with Gasteiger partial charge in [0.2, 0.25) is 0 Å². The van der Waals surface area contributed by atoms with Crippen LogP contribution in [0, 0.1) is 5.82 Å². The second-order valence-electron chi connectivity index (χ2n) is 7.86. The molecule has 176 valence electrons. The number of ketones is 1. The molecule has 1 aliphatic heterocycles. The Kier molecular flexibility index (Phi) is 6.00. The van der Waals surface area contributed by atoms with E-state index >= 15 is 4.39 Å². The summed E-state index contributed by atoms with van der Waals surface area (Å²) in [6.07, 6.45) is -0.152. The van der Waals surface area contributed by atoms with Gasteiger partial charge in [0.05, 0.1) is 22.4 Å². The fraction of sp³-hybridized carbons (Fsp3) is 0.115. The Morgan fingerprint density at radius 1 is 1.14 bits per heavy atom. The topological polar surface area (TPSA) is 79.7 Å². The van der Waals surface area contributed by atoms with Crippen molar-refractivity contribution in [2.24, 2.45) is 0 Å². The lowest BCUT2D eigenvalue weighted by Crippen LogP contribution is -2.31. The number of carbonyl (C=O) groups is 2. The van der Waals surface area contributed by atoms with E-state index in [1.165, 1.54) is 25.3 Å². The maximum atomic E-state index is 15.0. The Bertz CT molecular complexity index is 1520. The predicted octanol–water partition coefficient (Wildman–Crippen LogP) is 5.81. The van der Waals surface area contributed by atoms with E-state index in [1.54, 1.807) is 48.5 Å². The Balaban J connectivity index is 1.64. The maximum Gasteiger partial charge on any atom is 0.296 e. The van der Waals surface area contributed by atoms with Crippen LogP contribution in [0.4, 0.5) is 9.52 Å². The molecule has 6 nitrogen and oxygen atoms in total. The SMILES string of the molecule is COc1ccccc1CC(=O)C1=C(O)C(=O)N(c2nc3c(Cl)cccc3s2)C1c1ccccc1F. The van der Waals surface area contributed by atoms with E-state index in [2.05, 4.69) is 4.98 Å². The average Bonchev–Trinajstić information content (AvgIpc) is 3.39. The molecule has 0 radical (unpaired) electrons. The molecular formula is C26H18ClFN2O4S. The fourth-order valence-electron chi connectivity index (χ4n) is 4.20. The van der Waals surface area contributed by atoms with Crippen LogP contribution >= 0.6 is 22.9 Å². The van der Waals surface area contributed by atoms with Gasteiger partial charge in [-0.25, -0.2) is 9.37 Å². The first-order valence-corrected chi connectivity index (χ1v) is 11.8. The molecule has 9 heteroatoms. The number of ether oxygens (including phenoxy) is 1. The molecule has 4 aromatic rings. The lowest BCUT2D eigenvalue weighted by Gasteiger charge is -2.25. The lowest BCUT2D eigenvalue weighted by molar-refractivity contribution is -0.117. The number of halogens is 2. The highest BCUT2D eigenvalue weighted by Crippen LogP contribution is 2.45. The minimum atomic E-state index is -1.20. The summed E-state index contributed by atoms with van der Waals surface area (Å²) in [7, 11) is 1.49. The molecular weight excluding hydrogens is 491 g/mol. The van der Waals surface area contributed by atoms with Crippen molar-refractivity contribution in [3.63, 3.8) is 0 Å². The highest BCUT2D eigenvalue weighted by molar-refractivity contribution is 7.22. The van der Waals surface area contributed by atoms with Crippen LogP contribution in [0.25, 0.3) is 10.2 Å². The van der Waals surface area contributed by atoms with Gasteiger partial charge in [0.15, 0.2) is 16.7 Å². The monoisotopic (exact) mass is 508 g/mol. The fourth-order valence-corrected chi connectivity index (χ4v) is 5.49. The Morgan fingerprint density at radius 3 is 2.63 bits per heavy atom. The first-order valence-electron chi connectivity index (χ1n) is 10.6. The van der Waals surface area contributed by atoms with Crippen molar-refractivity contribution in [3.05, 3.63) is 100 Å². The molecule has 1 aromatic heterocycles. The molecule has 1 N–H and O–H groups in total. The molecule has 1 aliphatic rings. The number of thiazole rings is 1. The zero-order chi connectivity index (χ0) is 24.7. The molecule has 35 heavy (non-hydrogen) atoms. The number of fused-ring (bicyclic) bond motifs is 1. The van der Waals surface area contributed by atoms with Gasteiger partial charge in [0.25, 0.3) is 5.91 Å². The molecule has 3 aromatic carbocycles. The van der Waals surface area contributed by atoms with Crippen molar-refractivity contribution >= 4 is 50.0 Å².